The second-order valence-corrected chi connectivity index (χ2v) is 5.58. The molecule has 1 atom stereocenters. The maximum atomic E-state index is 12.8. The standard InChI is InChI=1S/C13H21F3N2O2.ClH/c1-20-12(4-6-17-7-5-12)11(19)18-8-2-3-10(9-18)13(14,15)16;/h10,17H,2-9H2,1H3;1H. The minimum absolute atomic E-state index is 0. The van der Waals surface area contributed by atoms with Gasteiger partial charge in [-0.05, 0) is 38.8 Å². The molecular weight excluding hydrogens is 309 g/mol. The van der Waals surface area contributed by atoms with Crippen LogP contribution in [0.25, 0.3) is 0 Å². The molecule has 2 aliphatic rings. The minimum Gasteiger partial charge on any atom is -0.368 e. The fourth-order valence-corrected chi connectivity index (χ4v) is 3.05. The number of piperidine rings is 2. The van der Waals surface area contributed by atoms with Gasteiger partial charge in [-0.2, -0.15) is 13.2 Å². The van der Waals surface area contributed by atoms with Crippen LogP contribution in [0.5, 0.6) is 0 Å². The molecule has 2 heterocycles. The van der Waals surface area contributed by atoms with Crippen molar-refractivity contribution in [2.45, 2.75) is 37.5 Å². The van der Waals surface area contributed by atoms with Gasteiger partial charge < -0.3 is 15.0 Å². The predicted molar refractivity (Wildman–Crippen MR) is 74.5 cm³/mol. The number of amides is 1. The third-order valence-corrected chi connectivity index (χ3v) is 4.36. The number of methoxy groups -OCH3 is 1. The SMILES string of the molecule is COC1(C(=O)N2CCCC(C(F)(F)F)C2)CCNCC1.Cl. The monoisotopic (exact) mass is 330 g/mol. The van der Waals surface area contributed by atoms with E-state index in [2.05, 4.69) is 5.32 Å². The number of nitrogens with zero attached hydrogens (tertiary/aromatic N) is 1. The van der Waals surface area contributed by atoms with Crippen molar-refractivity contribution in [3.05, 3.63) is 0 Å². The summed E-state index contributed by atoms with van der Waals surface area (Å²) in [4.78, 5) is 13.9. The molecule has 0 aromatic rings. The van der Waals surface area contributed by atoms with Gasteiger partial charge in [0.15, 0.2) is 0 Å². The van der Waals surface area contributed by atoms with Crippen LogP contribution in [-0.2, 0) is 9.53 Å². The van der Waals surface area contributed by atoms with Crippen LogP contribution in [0, 0.1) is 5.92 Å². The molecule has 0 aliphatic carbocycles. The van der Waals surface area contributed by atoms with Crippen LogP contribution in [-0.4, -0.2) is 55.9 Å². The van der Waals surface area contributed by atoms with E-state index in [1.54, 1.807) is 0 Å². The molecular formula is C13H22ClF3N2O2. The summed E-state index contributed by atoms with van der Waals surface area (Å²) in [6.45, 7) is 1.46. The van der Waals surface area contributed by atoms with E-state index in [0.29, 0.717) is 38.9 Å². The van der Waals surface area contributed by atoms with Crippen molar-refractivity contribution in [3.63, 3.8) is 0 Å². The normalized spacial score (nSPS) is 26.1. The molecule has 0 bridgehead atoms. The lowest BCUT2D eigenvalue weighted by atomic mass is 9.88. The van der Waals surface area contributed by atoms with Gasteiger partial charge in [-0.15, -0.1) is 12.4 Å². The average molecular weight is 331 g/mol. The summed E-state index contributed by atoms with van der Waals surface area (Å²) >= 11 is 0. The van der Waals surface area contributed by atoms with Crippen molar-refractivity contribution < 1.29 is 22.7 Å². The molecule has 2 saturated heterocycles. The molecule has 2 fully saturated rings. The number of likely N-dealkylation sites (tertiary alicyclic amines) is 1. The molecule has 8 heteroatoms. The molecule has 2 aliphatic heterocycles. The van der Waals surface area contributed by atoms with E-state index < -0.39 is 17.7 Å². The Bertz CT molecular complexity index is 360. The van der Waals surface area contributed by atoms with Crippen LogP contribution in [0.3, 0.4) is 0 Å². The van der Waals surface area contributed by atoms with E-state index in [1.807, 2.05) is 0 Å². The number of halogens is 4. The molecule has 0 aromatic carbocycles. The first-order valence-electron chi connectivity index (χ1n) is 7.01. The summed E-state index contributed by atoms with van der Waals surface area (Å²) in [5.74, 6) is -1.69. The third-order valence-electron chi connectivity index (χ3n) is 4.36. The Hall–Kier alpha value is -0.530. The first kappa shape index (κ1) is 18.5. The zero-order valence-electron chi connectivity index (χ0n) is 12.0. The summed E-state index contributed by atoms with van der Waals surface area (Å²) in [6, 6.07) is 0. The van der Waals surface area contributed by atoms with E-state index in [9.17, 15) is 18.0 Å². The molecule has 1 amide bonds. The Kier molecular flexibility index (Phi) is 6.31. The smallest absolute Gasteiger partial charge is 0.368 e. The molecule has 1 N–H and O–H groups in total. The Morgan fingerprint density at radius 3 is 2.48 bits per heavy atom. The maximum Gasteiger partial charge on any atom is 0.393 e. The summed E-state index contributed by atoms with van der Waals surface area (Å²) < 4.78 is 43.9. The van der Waals surface area contributed by atoms with Crippen LogP contribution < -0.4 is 5.32 Å². The van der Waals surface area contributed by atoms with E-state index in [1.165, 1.54) is 12.0 Å². The number of nitrogens with one attached hydrogen (secondary N) is 1. The largest absolute Gasteiger partial charge is 0.393 e. The van der Waals surface area contributed by atoms with Gasteiger partial charge >= 0.3 is 6.18 Å². The van der Waals surface area contributed by atoms with Gasteiger partial charge in [0.2, 0.25) is 0 Å². The van der Waals surface area contributed by atoms with Crippen molar-refractivity contribution in [1.82, 2.24) is 10.2 Å². The van der Waals surface area contributed by atoms with Gasteiger partial charge in [-0.3, -0.25) is 4.79 Å². The van der Waals surface area contributed by atoms with Gasteiger partial charge in [-0.1, -0.05) is 0 Å². The first-order chi connectivity index (χ1) is 9.39. The number of ether oxygens (including phenoxy) is 1. The molecule has 0 saturated carbocycles. The van der Waals surface area contributed by atoms with Gasteiger partial charge in [0.1, 0.15) is 5.60 Å². The van der Waals surface area contributed by atoms with Crippen molar-refractivity contribution in [1.29, 1.82) is 0 Å². The molecule has 2 rings (SSSR count). The van der Waals surface area contributed by atoms with Crippen LogP contribution >= 0.6 is 12.4 Å². The van der Waals surface area contributed by atoms with Crippen LogP contribution in [0.15, 0.2) is 0 Å². The quantitative estimate of drug-likeness (QED) is 0.842. The van der Waals surface area contributed by atoms with E-state index >= 15 is 0 Å². The van der Waals surface area contributed by atoms with E-state index in [-0.39, 0.29) is 31.3 Å². The Morgan fingerprint density at radius 2 is 1.95 bits per heavy atom. The lowest BCUT2D eigenvalue weighted by Gasteiger charge is -2.42. The van der Waals surface area contributed by atoms with Gasteiger partial charge in [0, 0.05) is 20.2 Å². The average Bonchev–Trinajstić information content (AvgIpc) is 2.46. The lowest BCUT2D eigenvalue weighted by molar-refractivity contribution is -0.193. The van der Waals surface area contributed by atoms with Gasteiger partial charge in [-0.25, -0.2) is 0 Å². The van der Waals surface area contributed by atoms with E-state index in [4.69, 9.17) is 4.74 Å². The number of hydrogen-bond acceptors (Lipinski definition) is 3. The van der Waals surface area contributed by atoms with Crippen molar-refractivity contribution in [2.75, 3.05) is 33.3 Å². The molecule has 124 valence electrons. The Morgan fingerprint density at radius 1 is 1.33 bits per heavy atom. The molecule has 21 heavy (non-hydrogen) atoms. The number of carbonyl (C=O) groups excluding carboxylic acids is 1. The molecule has 0 radical (unpaired) electrons. The molecule has 4 nitrogen and oxygen atoms in total. The first-order valence-corrected chi connectivity index (χ1v) is 7.01. The minimum atomic E-state index is -4.23. The Balaban J connectivity index is 0.00000220. The van der Waals surface area contributed by atoms with E-state index in [0.717, 1.165) is 0 Å². The van der Waals surface area contributed by atoms with Crippen molar-refractivity contribution in [2.24, 2.45) is 5.92 Å². The fourth-order valence-electron chi connectivity index (χ4n) is 3.05. The summed E-state index contributed by atoms with van der Waals surface area (Å²) in [6.07, 6.45) is -2.71. The molecule has 0 spiro atoms. The summed E-state index contributed by atoms with van der Waals surface area (Å²) in [5, 5.41) is 3.13. The summed E-state index contributed by atoms with van der Waals surface area (Å²) in [5.41, 5.74) is -0.946. The highest BCUT2D eigenvalue weighted by Crippen LogP contribution is 2.35. The molecule has 1 unspecified atom stereocenters. The summed E-state index contributed by atoms with van der Waals surface area (Å²) in [7, 11) is 1.47. The molecule has 0 aromatic heterocycles. The van der Waals surface area contributed by atoms with Gasteiger partial charge in [0.05, 0.1) is 5.92 Å². The second kappa shape index (κ2) is 7.15. The van der Waals surface area contributed by atoms with Crippen LogP contribution in [0.4, 0.5) is 13.2 Å². The highest BCUT2D eigenvalue weighted by molar-refractivity contribution is 5.86. The third kappa shape index (κ3) is 4.02. The maximum absolute atomic E-state index is 12.8. The fraction of sp³-hybridized carbons (Fsp3) is 0.923. The number of rotatable bonds is 2. The van der Waals surface area contributed by atoms with Crippen molar-refractivity contribution >= 4 is 18.3 Å². The number of alkyl halides is 3. The highest BCUT2D eigenvalue weighted by Gasteiger charge is 2.47. The number of hydrogen-bond donors (Lipinski definition) is 1. The zero-order chi connectivity index (χ0) is 14.8. The van der Waals surface area contributed by atoms with Gasteiger partial charge in [0.25, 0.3) is 5.91 Å². The second-order valence-electron chi connectivity index (χ2n) is 5.58. The number of carbonyl (C=O) groups is 1. The van der Waals surface area contributed by atoms with Crippen LogP contribution in [0.1, 0.15) is 25.7 Å². The highest BCUT2D eigenvalue weighted by atomic mass is 35.5. The zero-order valence-corrected chi connectivity index (χ0v) is 12.9. The van der Waals surface area contributed by atoms with Crippen LogP contribution in [0.2, 0.25) is 0 Å². The lowest BCUT2D eigenvalue weighted by Crippen LogP contribution is -2.57. The topological polar surface area (TPSA) is 41.6 Å². The van der Waals surface area contributed by atoms with Crippen molar-refractivity contribution in [3.8, 4) is 0 Å². The Labute approximate surface area is 128 Å². The predicted octanol–water partition coefficient (Wildman–Crippen LogP) is 1.98.